The van der Waals surface area contributed by atoms with Gasteiger partial charge in [-0.15, -0.1) is 11.8 Å². The predicted octanol–water partition coefficient (Wildman–Crippen LogP) is 2.75. The number of nitrogens with zero attached hydrogens (tertiary/aromatic N) is 2. The van der Waals surface area contributed by atoms with Crippen LogP contribution in [0.1, 0.15) is 17.7 Å². The van der Waals surface area contributed by atoms with Crippen LogP contribution in [-0.2, 0) is 13.6 Å². The molecule has 2 rings (SSSR count). The molecule has 1 aromatic carbocycles. The van der Waals surface area contributed by atoms with Gasteiger partial charge in [-0.25, -0.2) is 0 Å². The third-order valence-corrected chi connectivity index (χ3v) is 4.07. The van der Waals surface area contributed by atoms with E-state index in [2.05, 4.69) is 11.2 Å². The van der Waals surface area contributed by atoms with Gasteiger partial charge in [0.15, 0.2) is 0 Å². The summed E-state index contributed by atoms with van der Waals surface area (Å²) in [5.74, 6) is 1.92. The van der Waals surface area contributed by atoms with Crippen LogP contribution in [0.4, 0.5) is 0 Å². The number of rotatable bonds is 7. The van der Waals surface area contributed by atoms with Crippen LogP contribution in [0.25, 0.3) is 0 Å². The minimum atomic E-state index is 0.549. The van der Waals surface area contributed by atoms with Crippen LogP contribution in [0.5, 0.6) is 5.75 Å². The van der Waals surface area contributed by atoms with Crippen LogP contribution in [0.3, 0.4) is 0 Å². The highest BCUT2D eigenvalue weighted by Crippen LogP contribution is 2.19. The van der Waals surface area contributed by atoms with Crippen LogP contribution in [0.2, 0.25) is 0 Å². The Morgan fingerprint density at radius 2 is 2.20 bits per heavy atom. The largest absolute Gasteiger partial charge is 0.494 e. The molecular formula is C15H21N3OS. The van der Waals surface area contributed by atoms with Crippen molar-refractivity contribution in [3.63, 3.8) is 0 Å². The second kappa shape index (κ2) is 7.36. The van der Waals surface area contributed by atoms with E-state index in [9.17, 15) is 0 Å². The first-order valence-corrected chi connectivity index (χ1v) is 7.73. The van der Waals surface area contributed by atoms with Crippen molar-refractivity contribution in [2.24, 2.45) is 12.8 Å². The molecule has 0 radical (unpaired) electrons. The first kappa shape index (κ1) is 14.9. The van der Waals surface area contributed by atoms with Crippen molar-refractivity contribution in [3.05, 3.63) is 41.6 Å². The summed E-state index contributed by atoms with van der Waals surface area (Å²) in [6.07, 6.45) is 1.00. The summed E-state index contributed by atoms with van der Waals surface area (Å²) < 4.78 is 7.65. The lowest BCUT2D eigenvalue weighted by Gasteiger charge is -2.07. The highest BCUT2D eigenvalue weighted by atomic mass is 32.2. The molecule has 108 valence electrons. The Balaban J connectivity index is 1.70. The molecule has 0 bridgehead atoms. The van der Waals surface area contributed by atoms with E-state index in [1.54, 1.807) is 0 Å². The zero-order valence-corrected chi connectivity index (χ0v) is 12.8. The van der Waals surface area contributed by atoms with Crippen LogP contribution >= 0.6 is 11.8 Å². The van der Waals surface area contributed by atoms with Crippen molar-refractivity contribution in [2.45, 2.75) is 24.9 Å². The Morgan fingerprint density at radius 1 is 1.35 bits per heavy atom. The number of aryl methyl sites for hydroxylation is 2. The number of ether oxygens (including phenoxy) is 1. The number of aromatic nitrogens is 2. The van der Waals surface area contributed by atoms with Gasteiger partial charge in [-0.1, -0.05) is 12.1 Å². The van der Waals surface area contributed by atoms with Gasteiger partial charge in [0.25, 0.3) is 0 Å². The fraction of sp³-hybridized carbons (Fsp3) is 0.400. The van der Waals surface area contributed by atoms with Crippen molar-refractivity contribution in [1.82, 2.24) is 9.78 Å². The summed E-state index contributed by atoms with van der Waals surface area (Å²) in [4.78, 5) is 0. The molecule has 2 N–H and O–H groups in total. The number of benzene rings is 1. The minimum absolute atomic E-state index is 0.549. The van der Waals surface area contributed by atoms with E-state index in [1.165, 1.54) is 5.03 Å². The van der Waals surface area contributed by atoms with Gasteiger partial charge in [0.05, 0.1) is 17.3 Å². The lowest BCUT2D eigenvalue weighted by Crippen LogP contribution is -2.01. The second-order valence-electron chi connectivity index (χ2n) is 4.65. The summed E-state index contributed by atoms with van der Waals surface area (Å²) in [7, 11) is 1.98. The molecule has 2 aromatic rings. The van der Waals surface area contributed by atoms with Gasteiger partial charge in [-0.05, 0) is 37.1 Å². The maximum atomic E-state index is 5.73. The van der Waals surface area contributed by atoms with Gasteiger partial charge in [-0.3, -0.25) is 4.68 Å². The first-order valence-electron chi connectivity index (χ1n) is 6.74. The highest BCUT2D eigenvalue weighted by Gasteiger charge is 2.02. The quantitative estimate of drug-likeness (QED) is 0.629. The number of nitrogens with two attached hydrogens (primary N) is 1. The second-order valence-corrected chi connectivity index (χ2v) is 5.76. The topological polar surface area (TPSA) is 53.1 Å². The minimum Gasteiger partial charge on any atom is -0.494 e. The molecule has 0 spiro atoms. The van der Waals surface area contributed by atoms with Gasteiger partial charge in [0.2, 0.25) is 0 Å². The summed E-state index contributed by atoms with van der Waals surface area (Å²) >= 11 is 1.81. The molecule has 0 aliphatic rings. The van der Waals surface area contributed by atoms with E-state index in [0.717, 1.165) is 35.8 Å². The lowest BCUT2D eigenvalue weighted by molar-refractivity contribution is 0.318. The third kappa shape index (κ3) is 4.28. The molecule has 5 heteroatoms. The molecular weight excluding hydrogens is 270 g/mol. The normalized spacial score (nSPS) is 10.8. The molecule has 0 saturated carbocycles. The molecule has 1 heterocycles. The monoisotopic (exact) mass is 291 g/mol. The summed E-state index contributed by atoms with van der Waals surface area (Å²) in [6, 6.07) is 10.1. The van der Waals surface area contributed by atoms with Gasteiger partial charge in [0.1, 0.15) is 5.75 Å². The fourth-order valence-corrected chi connectivity index (χ4v) is 2.86. The van der Waals surface area contributed by atoms with Crippen molar-refractivity contribution in [2.75, 3.05) is 12.4 Å². The summed E-state index contributed by atoms with van der Waals surface area (Å²) in [5.41, 5.74) is 7.77. The molecule has 4 nitrogen and oxygen atoms in total. The van der Waals surface area contributed by atoms with Gasteiger partial charge >= 0.3 is 0 Å². The molecule has 0 aliphatic carbocycles. The van der Waals surface area contributed by atoms with Crippen molar-refractivity contribution >= 4 is 11.8 Å². The zero-order valence-electron chi connectivity index (χ0n) is 12.0. The van der Waals surface area contributed by atoms with Crippen molar-refractivity contribution in [3.8, 4) is 5.75 Å². The predicted molar refractivity (Wildman–Crippen MR) is 83.1 cm³/mol. The summed E-state index contributed by atoms with van der Waals surface area (Å²) in [5, 5.41) is 5.53. The van der Waals surface area contributed by atoms with E-state index in [-0.39, 0.29) is 0 Å². The van der Waals surface area contributed by atoms with E-state index < -0.39 is 0 Å². The van der Waals surface area contributed by atoms with Crippen LogP contribution in [0, 0.1) is 6.92 Å². The number of hydrogen-bond donors (Lipinski definition) is 1. The molecule has 0 aliphatic heterocycles. The Morgan fingerprint density at radius 3 is 2.90 bits per heavy atom. The molecule has 0 fully saturated rings. The Labute approximate surface area is 124 Å². The SMILES string of the molecule is Cc1cc(SCCCOc2cccc(CN)c2)n(C)n1. The van der Waals surface area contributed by atoms with Crippen LogP contribution in [-0.4, -0.2) is 22.1 Å². The van der Waals surface area contributed by atoms with Gasteiger partial charge < -0.3 is 10.5 Å². The number of hydrogen-bond acceptors (Lipinski definition) is 4. The standard InChI is InChI=1S/C15H21N3OS/c1-12-9-15(18(2)17-12)20-8-4-7-19-14-6-3-5-13(10-14)11-16/h3,5-6,9-10H,4,7-8,11,16H2,1-2H3. The average Bonchev–Trinajstić information content (AvgIpc) is 2.77. The number of thioether (sulfide) groups is 1. The van der Waals surface area contributed by atoms with Crippen molar-refractivity contribution in [1.29, 1.82) is 0 Å². The maximum absolute atomic E-state index is 5.73. The van der Waals surface area contributed by atoms with E-state index in [1.807, 2.05) is 54.7 Å². The molecule has 0 amide bonds. The Kier molecular flexibility index (Phi) is 5.49. The van der Waals surface area contributed by atoms with Gasteiger partial charge in [0, 0.05) is 19.3 Å². The highest BCUT2D eigenvalue weighted by molar-refractivity contribution is 7.99. The maximum Gasteiger partial charge on any atom is 0.119 e. The first-order chi connectivity index (χ1) is 9.69. The molecule has 20 heavy (non-hydrogen) atoms. The average molecular weight is 291 g/mol. The van der Waals surface area contributed by atoms with Crippen LogP contribution in [0.15, 0.2) is 35.4 Å². The smallest absolute Gasteiger partial charge is 0.119 e. The Hall–Kier alpha value is -1.46. The fourth-order valence-electron chi connectivity index (χ4n) is 1.91. The van der Waals surface area contributed by atoms with E-state index in [0.29, 0.717) is 6.54 Å². The van der Waals surface area contributed by atoms with Crippen LogP contribution < -0.4 is 10.5 Å². The molecule has 0 saturated heterocycles. The van der Waals surface area contributed by atoms with Crippen molar-refractivity contribution < 1.29 is 4.74 Å². The Bertz CT molecular complexity index is 554. The van der Waals surface area contributed by atoms with Gasteiger partial charge in [-0.2, -0.15) is 5.10 Å². The van der Waals surface area contributed by atoms with E-state index >= 15 is 0 Å². The zero-order chi connectivity index (χ0) is 14.4. The molecule has 1 aromatic heterocycles. The summed E-state index contributed by atoms with van der Waals surface area (Å²) in [6.45, 7) is 3.28. The molecule has 0 unspecified atom stereocenters. The third-order valence-electron chi connectivity index (χ3n) is 2.90. The van der Waals surface area contributed by atoms with E-state index in [4.69, 9.17) is 10.5 Å². The lowest BCUT2D eigenvalue weighted by atomic mass is 10.2. The molecule has 0 atom stereocenters.